The highest BCUT2D eigenvalue weighted by Gasteiger charge is 2.30. The minimum atomic E-state index is -0.219. The van der Waals surface area contributed by atoms with Crippen LogP contribution in [0.5, 0.6) is 5.75 Å². The number of hydrogen-bond acceptors (Lipinski definition) is 3. The smallest absolute Gasteiger partial charge is 0.338 e. The summed E-state index contributed by atoms with van der Waals surface area (Å²) in [6.07, 6.45) is 4.60. The molecule has 0 bridgehead atoms. The van der Waals surface area contributed by atoms with Gasteiger partial charge in [-0.1, -0.05) is 6.42 Å². The molecule has 0 aliphatic heterocycles. The van der Waals surface area contributed by atoms with Crippen LogP contribution in [0.15, 0.2) is 24.3 Å². The van der Waals surface area contributed by atoms with Crippen LogP contribution < -0.4 is 9.64 Å². The fourth-order valence-corrected chi connectivity index (χ4v) is 3.02. The van der Waals surface area contributed by atoms with Gasteiger partial charge in [0.1, 0.15) is 11.9 Å². The van der Waals surface area contributed by atoms with Crippen LogP contribution in [0.25, 0.3) is 0 Å². The molecule has 1 aliphatic rings. The largest absolute Gasteiger partial charge is 0.497 e. The first-order valence-corrected chi connectivity index (χ1v) is 7.74. The lowest BCUT2D eigenvalue weighted by Crippen LogP contribution is -3.06. The molecule has 0 heterocycles. The number of hydrogen-bond donors (Lipinski definition) is 1. The summed E-state index contributed by atoms with van der Waals surface area (Å²) in [5, 5.41) is 0. The van der Waals surface area contributed by atoms with E-state index in [9.17, 15) is 4.79 Å². The van der Waals surface area contributed by atoms with E-state index in [0.29, 0.717) is 11.5 Å². The molecule has 1 aromatic carbocycles. The van der Waals surface area contributed by atoms with Crippen LogP contribution in [0.2, 0.25) is 0 Å². The molecule has 1 N–H and O–H groups in total. The lowest BCUT2D eigenvalue weighted by molar-refractivity contribution is -0.862. The second-order valence-electron chi connectivity index (χ2n) is 6.13. The highest BCUT2D eigenvalue weighted by atomic mass is 16.5. The average Bonchev–Trinajstić information content (AvgIpc) is 2.49. The molecule has 4 heteroatoms. The van der Waals surface area contributed by atoms with E-state index in [4.69, 9.17) is 9.47 Å². The van der Waals surface area contributed by atoms with Crippen LogP contribution in [-0.4, -0.2) is 39.8 Å². The van der Waals surface area contributed by atoms with Crippen LogP contribution >= 0.6 is 0 Å². The first-order valence-electron chi connectivity index (χ1n) is 7.74. The van der Waals surface area contributed by atoms with Gasteiger partial charge in [0.05, 0.1) is 33.3 Å². The van der Waals surface area contributed by atoms with E-state index in [1.165, 1.54) is 11.3 Å². The van der Waals surface area contributed by atoms with Gasteiger partial charge in [-0.05, 0) is 43.5 Å². The van der Waals surface area contributed by atoms with Gasteiger partial charge >= 0.3 is 5.97 Å². The third-order valence-electron chi connectivity index (χ3n) is 4.09. The molecule has 0 saturated heterocycles. The molecule has 1 aliphatic carbocycles. The Hall–Kier alpha value is -1.55. The van der Waals surface area contributed by atoms with Crippen LogP contribution in [0.1, 0.15) is 36.0 Å². The highest BCUT2D eigenvalue weighted by molar-refractivity contribution is 5.89. The highest BCUT2D eigenvalue weighted by Crippen LogP contribution is 2.27. The molecule has 4 nitrogen and oxygen atoms in total. The van der Waals surface area contributed by atoms with Gasteiger partial charge < -0.3 is 14.4 Å². The lowest BCUT2D eigenvalue weighted by atomic mass is 9.86. The number of carbonyl (C=O) groups is 1. The van der Waals surface area contributed by atoms with E-state index in [1.54, 1.807) is 31.4 Å². The quantitative estimate of drug-likeness (QED) is 0.837. The van der Waals surface area contributed by atoms with E-state index in [2.05, 4.69) is 14.1 Å². The maximum atomic E-state index is 12.3. The molecule has 1 aromatic rings. The molecule has 1 fully saturated rings. The molecule has 0 radical (unpaired) electrons. The van der Waals surface area contributed by atoms with Crippen LogP contribution in [0, 0.1) is 5.92 Å². The van der Waals surface area contributed by atoms with Crippen molar-refractivity contribution in [1.82, 2.24) is 0 Å². The lowest BCUT2D eigenvalue weighted by Gasteiger charge is -2.31. The Bertz CT molecular complexity index is 456. The molecule has 116 valence electrons. The maximum Gasteiger partial charge on any atom is 0.338 e. The van der Waals surface area contributed by atoms with Gasteiger partial charge in [0.15, 0.2) is 0 Å². The summed E-state index contributed by atoms with van der Waals surface area (Å²) in [5.41, 5.74) is 0.595. The van der Waals surface area contributed by atoms with Crippen molar-refractivity contribution in [1.29, 1.82) is 0 Å². The van der Waals surface area contributed by atoms with Crippen molar-refractivity contribution in [2.24, 2.45) is 5.92 Å². The van der Waals surface area contributed by atoms with Crippen molar-refractivity contribution in [3.63, 3.8) is 0 Å². The molecule has 0 spiro atoms. The van der Waals surface area contributed by atoms with Gasteiger partial charge in [-0.25, -0.2) is 4.79 Å². The molecule has 0 unspecified atom stereocenters. The summed E-state index contributed by atoms with van der Waals surface area (Å²) in [4.78, 5) is 13.7. The SMILES string of the molecule is COc1ccc(C(=O)O[C@H]2CCCC[C@@H]2C[NH+](C)C)cc1. The first kappa shape index (κ1) is 15.8. The monoisotopic (exact) mass is 292 g/mol. The first-order chi connectivity index (χ1) is 10.1. The Kier molecular flexibility index (Phi) is 5.62. The Morgan fingerprint density at radius 2 is 1.86 bits per heavy atom. The third-order valence-corrected chi connectivity index (χ3v) is 4.09. The molecule has 0 amide bonds. The fourth-order valence-electron chi connectivity index (χ4n) is 3.02. The van der Waals surface area contributed by atoms with Crippen LogP contribution in [0.4, 0.5) is 0 Å². The van der Waals surface area contributed by atoms with Gasteiger partial charge in [0.25, 0.3) is 0 Å². The zero-order valence-electron chi connectivity index (χ0n) is 13.2. The molecule has 1 saturated carbocycles. The number of quaternary nitrogens is 1. The number of benzene rings is 1. The van der Waals surface area contributed by atoms with Crippen molar-refractivity contribution in [2.75, 3.05) is 27.7 Å². The van der Waals surface area contributed by atoms with E-state index < -0.39 is 0 Å². The number of nitrogens with one attached hydrogen (secondary N) is 1. The second-order valence-corrected chi connectivity index (χ2v) is 6.13. The second kappa shape index (κ2) is 7.46. The van der Waals surface area contributed by atoms with E-state index in [0.717, 1.165) is 31.6 Å². The standard InChI is InChI=1S/C17H25NO3/c1-18(2)12-14-6-4-5-7-16(14)21-17(19)13-8-10-15(20-3)11-9-13/h8-11,14,16H,4-7,12H2,1-3H3/p+1/t14-,16+/m1/s1. The van der Waals surface area contributed by atoms with Gasteiger partial charge in [0, 0.05) is 5.92 Å². The summed E-state index contributed by atoms with van der Waals surface area (Å²) in [5.74, 6) is 1.01. The van der Waals surface area contributed by atoms with Gasteiger partial charge in [-0.2, -0.15) is 0 Å². The van der Waals surface area contributed by atoms with Crippen molar-refractivity contribution < 1.29 is 19.2 Å². The fraction of sp³-hybridized carbons (Fsp3) is 0.588. The minimum Gasteiger partial charge on any atom is -0.497 e. The summed E-state index contributed by atoms with van der Waals surface area (Å²) in [6, 6.07) is 7.10. The van der Waals surface area contributed by atoms with Crippen molar-refractivity contribution >= 4 is 5.97 Å². The normalized spacial score (nSPS) is 22.1. The summed E-state index contributed by atoms with van der Waals surface area (Å²) >= 11 is 0. The van der Waals surface area contributed by atoms with E-state index >= 15 is 0 Å². The molecular formula is C17H26NO3+. The number of rotatable bonds is 5. The Morgan fingerprint density at radius 1 is 1.19 bits per heavy atom. The van der Waals surface area contributed by atoms with Gasteiger partial charge in [0.2, 0.25) is 0 Å². The van der Waals surface area contributed by atoms with Crippen LogP contribution in [-0.2, 0) is 4.74 Å². The molecule has 2 rings (SSSR count). The molecular weight excluding hydrogens is 266 g/mol. The van der Waals surface area contributed by atoms with E-state index in [-0.39, 0.29) is 12.1 Å². The molecule has 21 heavy (non-hydrogen) atoms. The summed E-state index contributed by atoms with van der Waals surface area (Å²) in [6.45, 7) is 1.06. The predicted molar refractivity (Wildman–Crippen MR) is 81.8 cm³/mol. The summed E-state index contributed by atoms with van der Waals surface area (Å²) in [7, 11) is 5.91. The van der Waals surface area contributed by atoms with E-state index in [1.807, 2.05) is 0 Å². The number of esters is 1. The Morgan fingerprint density at radius 3 is 2.48 bits per heavy atom. The predicted octanol–water partition coefficient (Wildman–Crippen LogP) is 1.56. The minimum absolute atomic E-state index is 0.0586. The molecule has 0 aromatic heterocycles. The molecule has 2 atom stereocenters. The zero-order valence-corrected chi connectivity index (χ0v) is 13.2. The average molecular weight is 292 g/mol. The Balaban J connectivity index is 1.98. The van der Waals surface area contributed by atoms with Crippen molar-refractivity contribution in [2.45, 2.75) is 31.8 Å². The zero-order chi connectivity index (χ0) is 15.2. The topological polar surface area (TPSA) is 40.0 Å². The van der Waals surface area contributed by atoms with Crippen molar-refractivity contribution in [3.05, 3.63) is 29.8 Å². The summed E-state index contributed by atoms with van der Waals surface area (Å²) < 4.78 is 10.9. The number of methoxy groups -OCH3 is 1. The van der Waals surface area contributed by atoms with Gasteiger partial charge in [-0.15, -0.1) is 0 Å². The number of carbonyl (C=O) groups excluding carboxylic acids is 1. The van der Waals surface area contributed by atoms with Gasteiger partial charge in [-0.3, -0.25) is 0 Å². The Labute approximate surface area is 127 Å². The van der Waals surface area contributed by atoms with Crippen LogP contribution in [0.3, 0.4) is 0 Å². The third kappa shape index (κ3) is 4.46. The number of ether oxygens (including phenoxy) is 2. The van der Waals surface area contributed by atoms with Crippen molar-refractivity contribution in [3.8, 4) is 5.75 Å². The maximum absolute atomic E-state index is 12.3.